The molecule has 0 radical (unpaired) electrons. The van der Waals surface area contributed by atoms with E-state index in [9.17, 15) is 27.2 Å². The number of thiazole rings is 1. The summed E-state index contributed by atoms with van der Waals surface area (Å²) in [6.07, 6.45) is -3.57. The third-order valence-corrected chi connectivity index (χ3v) is 7.05. The summed E-state index contributed by atoms with van der Waals surface area (Å²) in [4.78, 5) is 31.0. The molecule has 2 heterocycles. The van der Waals surface area contributed by atoms with E-state index in [2.05, 4.69) is 10.3 Å². The standard InChI is InChI=1S/C24H20ClF4N3O2S/c25-16-6-5-15(19(26)11-16)12-30-21(33)20-13-35-22(31-20)14-7-9-32(10-8-14)23(34)17-3-1-2-4-18(17)24(27,28)29/h1-6,11,13-14H,7-10,12H2,(H,30,33). The zero-order chi connectivity index (χ0) is 25.2. The Balaban J connectivity index is 1.35. The molecule has 5 nitrogen and oxygen atoms in total. The normalized spacial score (nSPS) is 14.7. The summed E-state index contributed by atoms with van der Waals surface area (Å²) in [5.41, 5.74) is -0.802. The van der Waals surface area contributed by atoms with E-state index < -0.39 is 29.4 Å². The van der Waals surface area contributed by atoms with E-state index in [1.165, 1.54) is 52.6 Å². The molecule has 1 fully saturated rings. The average Bonchev–Trinajstić information content (AvgIpc) is 3.33. The van der Waals surface area contributed by atoms with Crippen molar-refractivity contribution in [2.75, 3.05) is 13.1 Å². The molecule has 1 aromatic heterocycles. The van der Waals surface area contributed by atoms with Crippen molar-refractivity contribution in [3.05, 3.63) is 86.1 Å². The van der Waals surface area contributed by atoms with Crippen molar-refractivity contribution < 1.29 is 27.2 Å². The first kappa shape index (κ1) is 25.1. The maximum Gasteiger partial charge on any atom is 0.417 e. The quantitative estimate of drug-likeness (QED) is 0.422. The molecular formula is C24H20ClF4N3O2S. The first-order chi connectivity index (χ1) is 16.6. The van der Waals surface area contributed by atoms with E-state index in [0.717, 1.165) is 11.1 Å². The Hall–Kier alpha value is -2.98. The summed E-state index contributed by atoms with van der Waals surface area (Å²) in [6.45, 7) is 0.549. The summed E-state index contributed by atoms with van der Waals surface area (Å²) >= 11 is 7.04. The molecule has 184 valence electrons. The molecule has 0 atom stereocenters. The second-order valence-electron chi connectivity index (χ2n) is 8.10. The zero-order valence-corrected chi connectivity index (χ0v) is 19.8. The Morgan fingerprint density at radius 3 is 2.54 bits per heavy atom. The average molecular weight is 526 g/mol. The van der Waals surface area contributed by atoms with Crippen LogP contribution in [-0.2, 0) is 12.7 Å². The van der Waals surface area contributed by atoms with Gasteiger partial charge in [-0.15, -0.1) is 11.3 Å². The lowest BCUT2D eigenvalue weighted by atomic mass is 9.96. The second kappa shape index (κ2) is 10.3. The monoisotopic (exact) mass is 525 g/mol. The second-order valence-corrected chi connectivity index (χ2v) is 9.43. The fourth-order valence-electron chi connectivity index (χ4n) is 3.93. The minimum Gasteiger partial charge on any atom is -0.346 e. The van der Waals surface area contributed by atoms with Crippen LogP contribution in [0.25, 0.3) is 0 Å². The van der Waals surface area contributed by atoms with Crippen molar-refractivity contribution >= 4 is 34.8 Å². The van der Waals surface area contributed by atoms with Crippen molar-refractivity contribution in [1.82, 2.24) is 15.2 Å². The summed E-state index contributed by atoms with van der Waals surface area (Å²) in [5, 5.41) is 5.22. The van der Waals surface area contributed by atoms with Crippen LogP contribution in [0.5, 0.6) is 0 Å². The van der Waals surface area contributed by atoms with Crippen LogP contribution in [0.15, 0.2) is 47.8 Å². The molecule has 1 aliphatic heterocycles. The van der Waals surface area contributed by atoms with Crippen LogP contribution in [0.3, 0.4) is 0 Å². The molecule has 35 heavy (non-hydrogen) atoms. The van der Waals surface area contributed by atoms with Gasteiger partial charge in [-0.3, -0.25) is 9.59 Å². The highest BCUT2D eigenvalue weighted by Gasteiger charge is 2.36. The Bertz CT molecular complexity index is 1240. The van der Waals surface area contributed by atoms with Crippen LogP contribution in [0.4, 0.5) is 17.6 Å². The minimum absolute atomic E-state index is 0.0165. The maximum atomic E-state index is 13.9. The number of halogens is 5. The van der Waals surface area contributed by atoms with Crippen molar-refractivity contribution in [3.8, 4) is 0 Å². The van der Waals surface area contributed by atoms with Crippen LogP contribution in [0, 0.1) is 5.82 Å². The van der Waals surface area contributed by atoms with Crippen LogP contribution < -0.4 is 5.32 Å². The van der Waals surface area contributed by atoms with E-state index >= 15 is 0 Å². The summed E-state index contributed by atoms with van der Waals surface area (Å²) in [6, 6.07) is 8.97. The van der Waals surface area contributed by atoms with Crippen LogP contribution >= 0.6 is 22.9 Å². The number of alkyl halides is 3. The van der Waals surface area contributed by atoms with Gasteiger partial charge in [0.15, 0.2) is 0 Å². The number of piperidine rings is 1. The Morgan fingerprint density at radius 1 is 1.14 bits per heavy atom. The van der Waals surface area contributed by atoms with E-state index in [0.29, 0.717) is 18.4 Å². The van der Waals surface area contributed by atoms with Crippen molar-refractivity contribution in [2.45, 2.75) is 31.5 Å². The number of benzene rings is 2. The molecule has 3 aromatic rings. The lowest BCUT2D eigenvalue weighted by Gasteiger charge is -2.31. The van der Waals surface area contributed by atoms with E-state index in [1.54, 1.807) is 5.38 Å². The van der Waals surface area contributed by atoms with E-state index in [-0.39, 0.29) is 41.8 Å². The molecule has 0 spiro atoms. The first-order valence-electron chi connectivity index (χ1n) is 10.8. The van der Waals surface area contributed by atoms with Crippen LogP contribution in [0.2, 0.25) is 5.02 Å². The van der Waals surface area contributed by atoms with Gasteiger partial charge in [-0.2, -0.15) is 13.2 Å². The highest BCUT2D eigenvalue weighted by Crippen LogP contribution is 2.34. The van der Waals surface area contributed by atoms with Gasteiger partial charge in [0, 0.05) is 41.5 Å². The summed E-state index contributed by atoms with van der Waals surface area (Å²) < 4.78 is 53.7. The Morgan fingerprint density at radius 2 is 1.86 bits per heavy atom. The largest absolute Gasteiger partial charge is 0.417 e. The molecule has 0 saturated carbocycles. The van der Waals surface area contributed by atoms with Crippen molar-refractivity contribution in [1.29, 1.82) is 0 Å². The molecule has 0 unspecified atom stereocenters. The number of amides is 2. The molecule has 1 N–H and O–H groups in total. The van der Waals surface area contributed by atoms with Gasteiger partial charge in [0.25, 0.3) is 11.8 Å². The third kappa shape index (κ3) is 5.82. The fraction of sp³-hybridized carbons (Fsp3) is 0.292. The predicted molar refractivity (Wildman–Crippen MR) is 124 cm³/mol. The number of rotatable bonds is 5. The molecule has 0 aliphatic carbocycles. The van der Waals surface area contributed by atoms with E-state index in [4.69, 9.17) is 11.6 Å². The first-order valence-corrected chi connectivity index (χ1v) is 12.0. The van der Waals surface area contributed by atoms with Gasteiger partial charge in [-0.1, -0.05) is 29.8 Å². The zero-order valence-electron chi connectivity index (χ0n) is 18.2. The molecule has 0 bridgehead atoms. The summed E-state index contributed by atoms with van der Waals surface area (Å²) in [7, 11) is 0. The van der Waals surface area contributed by atoms with Crippen LogP contribution in [-0.4, -0.2) is 34.8 Å². The van der Waals surface area contributed by atoms with Gasteiger partial charge in [0.1, 0.15) is 11.5 Å². The third-order valence-electron chi connectivity index (χ3n) is 5.80. The van der Waals surface area contributed by atoms with Gasteiger partial charge >= 0.3 is 6.18 Å². The Labute approximate surface area is 207 Å². The molecule has 2 aromatic carbocycles. The smallest absolute Gasteiger partial charge is 0.346 e. The molecule has 2 amide bonds. The number of hydrogen-bond donors (Lipinski definition) is 1. The van der Waals surface area contributed by atoms with Gasteiger partial charge in [0.05, 0.1) is 16.1 Å². The Kier molecular flexibility index (Phi) is 7.42. The van der Waals surface area contributed by atoms with Gasteiger partial charge in [-0.25, -0.2) is 9.37 Å². The summed E-state index contributed by atoms with van der Waals surface area (Å²) in [5.74, 6) is -1.63. The molecule has 1 saturated heterocycles. The minimum atomic E-state index is -4.61. The van der Waals surface area contributed by atoms with Gasteiger partial charge in [-0.05, 0) is 37.1 Å². The number of carbonyl (C=O) groups excluding carboxylic acids is 2. The number of carbonyl (C=O) groups is 2. The number of nitrogens with zero attached hydrogens (tertiary/aromatic N) is 2. The number of nitrogens with one attached hydrogen (secondary N) is 1. The lowest BCUT2D eigenvalue weighted by molar-refractivity contribution is -0.138. The van der Waals surface area contributed by atoms with Gasteiger partial charge < -0.3 is 10.2 Å². The fourth-order valence-corrected chi connectivity index (χ4v) is 5.06. The number of likely N-dealkylation sites (tertiary alicyclic amines) is 1. The maximum absolute atomic E-state index is 13.9. The molecule has 11 heteroatoms. The number of aromatic nitrogens is 1. The van der Waals surface area contributed by atoms with Gasteiger partial charge in [0.2, 0.25) is 0 Å². The highest BCUT2D eigenvalue weighted by atomic mass is 35.5. The highest BCUT2D eigenvalue weighted by molar-refractivity contribution is 7.09. The topological polar surface area (TPSA) is 62.3 Å². The molecule has 1 aliphatic rings. The van der Waals surface area contributed by atoms with Crippen molar-refractivity contribution in [3.63, 3.8) is 0 Å². The molecule has 4 rings (SSSR count). The van der Waals surface area contributed by atoms with E-state index in [1.807, 2.05) is 0 Å². The predicted octanol–water partition coefficient (Wildman–Crippen LogP) is 5.90. The number of hydrogen-bond acceptors (Lipinski definition) is 4. The SMILES string of the molecule is O=C(NCc1ccc(Cl)cc1F)c1csc(C2CCN(C(=O)c3ccccc3C(F)(F)F)CC2)n1. The molecular weight excluding hydrogens is 506 g/mol. The lowest BCUT2D eigenvalue weighted by Crippen LogP contribution is -2.38. The van der Waals surface area contributed by atoms with Crippen molar-refractivity contribution in [2.24, 2.45) is 0 Å². The van der Waals surface area contributed by atoms with Crippen LogP contribution in [0.1, 0.15) is 55.7 Å².